The number of carbonyl (C=O) groups is 1. The quantitative estimate of drug-likeness (QED) is 0.449. The highest BCUT2D eigenvalue weighted by Gasteiger charge is 2.43. The van der Waals surface area contributed by atoms with Gasteiger partial charge < -0.3 is 25.4 Å². The first-order valence-corrected chi connectivity index (χ1v) is 8.77. The maximum atomic E-state index is 12.3. The van der Waals surface area contributed by atoms with Crippen molar-refractivity contribution in [2.75, 3.05) is 11.9 Å². The monoisotopic (exact) mass is 473 g/mol. The summed E-state index contributed by atoms with van der Waals surface area (Å²) in [6, 6.07) is 8.46. The number of nitrogens with zero attached hydrogens (tertiary/aromatic N) is 2. The average Bonchev–Trinajstić information content (AvgIpc) is 2.93. The van der Waals surface area contributed by atoms with Gasteiger partial charge >= 0.3 is 5.69 Å². The van der Waals surface area contributed by atoms with E-state index in [0.717, 1.165) is 4.57 Å². The molecule has 26 heavy (non-hydrogen) atoms. The second-order valence-corrected chi connectivity index (χ2v) is 6.84. The van der Waals surface area contributed by atoms with E-state index in [1.807, 2.05) is 22.6 Å². The molecule has 10 heteroatoms. The van der Waals surface area contributed by atoms with Gasteiger partial charge in [0.25, 0.3) is 5.91 Å². The van der Waals surface area contributed by atoms with E-state index in [4.69, 9.17) is 9.84 Å². The Kier molecular flexibility index (Phi) is 5.67. The predicted octanol–water partition coefficient (Wildman–Crippen LogP) is -0.288. The molecule has 0 bridgehead atoms. The van der Waals surface area contributed by atoms with E-state index < -0.39 is 42.7 Å². The molecule has 1 amide bonds. The Bertz CT molecular complexity index is 859. The molecule has 4 N–H and O–H groups in total. The molecule has 1 aromatic carbocycles. The molecular weight excluding hydrogens is 457 g/mol. The van der Waals surface area contributed by atoms with E-state index in [0.29, 0.717) is 9.13 Å². The number of benzene rings is 1. The lowest BCUT2D eigenvalue weighted by Gasteiger charge is -2.18. The summed E-state index contributed by atoms with van der Waals surface area (Å²) in [5.41, 5.74) is -0.360. The Balaban J connectivity index is 1.85. The van der Waals surface area contributed by atoms with Crippen LogP contribution < -0.4 is 11.0 Å². The highest BCUT2D eigenvalue weighted by molar-refractivity contribution is 14.1. The van der Waals surface area contributed by atoms with Crippen LogP contribution in [0.15, 0.2) is 41.3 Å². The molecular formula is C16H16IN3O6. The number of carbonyl (C=O) groups excluding carboxylic acids is 1. The van der Waals surface area contributed by atoms with Crippen molar-refractivity contribution in [3.05, 3.63) is 56.1 Å². The third-order valence-corrected chi connectivity index (χ3v) is 4.76. The van der Waals surface area contributed by atoms with Crippen LogP contribution in [0.25, 0.3) is 0 Å². The van der Waals surface area contributed by atoms with Crippen LogP contribution in [0.2, 0.25) is 0 Å². The first-order chi connectivity index (χ1) is 12.4. The number of ether oxygens (including phenoxy) is 1. The van der Waals surface area contributed by atoms with Crippen LogP contribution in [0, 0.1) is 3.57 Å². The number of aromatic nitrogens is 2. The zero-order valence-electron chi connectivity index (χ0n) is 13.3. The molecule has 1 aliphatic rings. The zero-order valence-corrected chi connectivity index (χ0v) is 15.5. The SMILES string of the molecule is O=C(Nc1nc(=O)n([C@@H]2O[C@H](CO)[C@@H](O)[C@H]2O)cc1I)c1ccccc1. The van der Waals surface area contributed by atoms with Gasteiger partial charge in [0, 0.05) is 11.8 Å². The summed E-state index contributed by atoms with van der Waals surface area (Å²) >= 11 is 1.88. The van der Waals surface area contributed by atoms with Gasteiger partial charge in [0.2, 0.25) is 0 Å². The Morgan fingerprint density at radius 2 is 1.96 bits per heavy atom. The van der Waals surface area contributed by atoms with Gasteiger partial charge in [-0.3, -0.25) is 9.36 Å². The van der Waals surface area contributed by atoms with Gasteiger partial charge in [-0.05, 0) is 34.7 Å². The number of aliphatic hydroxyl groups is 3. The Labute approximate surface area is 161 Å². The first kappa shape index (κ1) is 18.9. The van der Waals surface area contributed by atoms with E-state index in [2.05, 4.69) is 10.3 Å². The smallest absolute Gasteiger partial charge is 0.351 e. The van der Waals surface area contributed by atoms with Gasteiger partial charge in [0.1, 0.15) is 18.3 Å². The molecule has 3 rings (SSSR count). The second-order valence-electron chi connectivity index (χ2n) is 5.68. The predicted molar refractivity (Wildman–Crippen MR) is 98.6 cm³/mol. The molecule has 2 aromatic rings. The Morgan fingerprint density at radius 3 is 2.58 bits per heavy atom. The fourth-order valence-corrected chi connectivity index (χ4v) is 3.15. The van der Waals surface area contributed by atoms with E-state index in [1.165, 1.54) is 6.20 Å². The lowest BCUT2D eigenvalue weighted by Crippen LogP contribution is -2.36. The minimum absolute atomic E-state index is 0.0763. The molecule has 0 aliphatic carbocycles. The second kappa shape index (κ2) is 7.80. The fourth-order valence-electron chi connectivity index (χ4n) is 2.59. The maximum absolute atomic E-state index is 12.3. The lowest BCUT2D eigenvalue weighted by atomic mass is 10.1. The maximum Gasteiger partial charge on any atom is 0.351 e. The molecule has 0 unspecified atom stereocenters. The van der Waals surface area contributed by atoms with Gasteiger partial charge in [0.05, 0.1) is 10.2 Å². The Morgan fingerprint density at radius 1 is 1.27 bits per heavy atom. The summed E-state index contributed by atoms with van der Waals surface area (Å²) in [5, 5.41) is 31.6. The molecule has 4 atom stereocenters. The number of hydrogen-bond acceptors (Lipinski definition) is 7. The number of halogens is 1. The van der Waals surface area contributed by atoms with Crippen LogP contribution in [0.5, 0.6) is 0 Å². The molecule has 0 spiro atoms. The highest BCUT2D eigenvalue weighted by Crippen LogP contribution is 2.29. The number of amides is 1. The van der Waals surface area contributed by atoms with Crippen LogP contribution in [-0.2, 0) is 4.74 Å². The van der Waals surface area contributed by atoms with Crippen molar-refractivity contribution in [3.63, 3.8) is 0 Å². The van der Waals surface area contributed by atoms with E-state index >= 15 is 0 Å². The van der Waals surface area contributed by atoms with E-state index in [1.54, 1.807) is 30.3 Å². The summed E-state index contributed by atoms with van der Waals surface area (Å²) in [7, 11) is 0. The van der Waals surface area contributed by atoms with Crippen molar-refractivity contribution >= 4 is 34.3 Å². The number of nitrogens with one attached hydrogen (secondary N) is 1. The van der Waals surface area contributed by atoms with Crippen molar-refractivity contribution < 1.29 is 24.9 Å². The average molecular weight is 473 g/mol. The highest BCUT2D eigenvalue weighted by atomic mass is 127. The van der Waals surface area contributed by atoms with Crippen LogP contribution in [0.3, 0.4) is 0 Å². The largest absolute Gasteiger partial charge is 0.394 e. The number of anilines is 1. The topological polar surface area (TPSA) is 134 Å². The first-order valence-electron chi connectivity index (χ1n) is 7.70. The summed E-state index contributed by atoms with van der Waals surface area (Å²) < 4.78 is 6.78. The summed E-state index contributed by atoms with van der Waals surface area (Å²) in [6.07, 6.45) is -3.55. The molecule has 138 valence electrons. The molecule has 2 heterocycles. The van der Waals surface area contributed by atoms with Crippen molar-refractivity contribution in [2.45, 2.75) is 24.5 Å². The third kappa shape index (κ3) is 3.64. The summed E-state index contributed by atoms with van der Waals surface area (Å²) in [4.78, 5) is 28.3. The van der Waals surface area contributed by atoms with Crippen molar-refractivity contribution in [3.8, 4) is 0 Å². The van der Waals surface area contributed by atoms with Crippen LogP contribution in [-0.4, -0.2) is 55.7 Å². The number of aliphatic hydroxyl groups excluding tert-OH is 3. The van der Waals surface area contributed by atoms with E-state index in [-0.39, 0.29) is 5.82 Å². The fraction of sp³-hybridized carbons (Fsp3) is 0.312. The standard InChI is InChI=1S/C16H16IN3O6/c17-9-6-20(15-12(23)11(22)10(7-21)26-15)16(25)19-13(9)18-14(24)8-4-2-1-3-5-8/h1-6,10-12,15,21-23H,7H2,(H,18,19,24,25)/t10-,11-,12-,15-/m1/s1. The zero-order chi connectivity index (χ0) is 18.8. The normalized spacial score (nSPS) is 25.2. The van der Waals surface area contributed by atoms with Crippen molar-refractivity contribution in [2.24, 2.45) is 0 Å². The molecule has 0 radical (unpaired) electrons. The molecule has 1 aromatic heterocycles. The third-order valence-electron chi connectivity index (χ3n) is 3.97. The van der Waals surface area contributed by atoms with Crippen LogP contribution in [0.4, 0.5) is 5.82 Å². The minimum atomic E-state index is -1.40. The molecule has 0 saturated carbocycles. The molecule has 1 fully saturated rings. The summed E-state index contributed by atoms with van der Waals surface area (Å²) in [6.45, 7) is -0.501. The molecule has 1 aliphatic heterocycles. The van der Waals surface area contributed by atoms with Crippen LogP contribution >= 0.6 is 22.6 Å². The van der Waals surface area contributed by atoms with Crippen molar-refractivity contribution in [1.29, 1.82) is 0 Å². The number of rotatable bonds is 4. The van der Waals surface area contributed by atoms with Gasteiger partial charge in [-0.25, -0.2) is 4.79 Å². The van der Waals surface area contributed by atoms with Gasteiger partial charge in [-0.15, -0.1) is 0 Å². The van der Waals surface area contributed by atoms with Crippen molar-refractivity contribution in [1.82, 2.24) is 9.55 Å². The number of hydrogen-bond donors (Lipinski definition) is 4. The van der Waals surface area contributed by atoms with Gasteiger partial charge in [-0.1, -0.05) is 18.2 Å². The lowest BCUT2D eigenvalue weighted by molar-refractivity contribution is -0.0550. The minimum Gasteiger partial charge on any atom is -0.394 e. The van der Waals surface area contributed by atoms with Crippen LogP contribution in [0.1, 0.15) is 16.6 Å². The Hall–Kier alpha value is -1.86. The van der Waals surface area contributed by atoms with Gasteiger partial charge in [0.15, 0.2) is 12.0 Å². The van der Waals surface area contributed by atoms with E-state index in [9.17, 15) is 19.8 Å². The summed E-state index contributed by atoms with van der Waals surface area (Å²) in [5.74, 6) is -0.339. The van der Waals surface area contributed by atoms with Gasteiger partial charge in [-0.2, -0.15) is 4.98 Å². The molecule has 1 saturated heterocycles. The molecule has 9 nitrogen and oxygen atoms in total.